The van der Waals surface area contributed by atoms with Crippen molar-refractivity contribution in [2.75, 3.05) is 12.4 Å². The highest BCUT2D eigenvalue weighted by Crippen LogP contribution is 2.30. The molecule has 5 nitrogen and oxygen atoms in total. The number of halogens is 1. The molecule has 0 unspecified atom stereocenters. The number of rotatable bonds is 4. The van der Waals surface area contributed by atoms with Gasteiger partial charge in [-0.15, -0.1) is 0 Å². The van der Waals surface area contributed by atoms with Gasteiger partial charge in [0.1, 0.15) is 17.9 Å². The van der Waals surface area contributed by atoms with E-state index in [9.17, 15) is 5.11 Å². The molecule has 0 saturated carbocycles. The summed E-state index contributed by atoms with van der Waals surface area (Å²) in [4.78, 5) is 8.58. The molecule has 0 fully saturated rings. The van der Waals surface area contributed by atoms with Gasteiger partial charge in [0.15, 0.2) is 0 Å². The first-order chi connectivity index (χ1) is 10.7. The molecule has 0 aliphatic rings. The zero-order valence-corrected chi connectivity index (χ0v) is 14.0. The maximum Gasteiger partial charge on any atom is 0.141 e. The van der Waals surface area contributed by atoms with Crippen LogP contribution in [0, 0.1) is 3.57 Å². The summed E-state index contributed by atoms with van der Waals surface area (Å²) in [7, 11) is 1.58. The second-order valence-corrected chi connectivity index (χ2v) is 5.94. The average molecular weight is 407 g/mol. The largest absolute Gasteiger partial charge is 0.496 e. The van der Waals surface area contributed by atoms with E-state index in [0.717, 1.165) is 16.6 Å². The molecule has 2 N–H and O–H groups in total. The van der Waals surface area contributed by atoms with Crippen LogP contribution in [0.15, 0.2) is 42.7 Å². The topological polar surface area (TPSA) is 67.3 Å². The average Bonchev–Trinajstić information content (AvgIpc) is 2.56. The monoisotopic (exact) mass is 407 g/mol. The summed E-state index contributed by atoms with van der Waals surface area (Å²) in [5.74, 6) is 1.32. The number of aliphatic hydroxyl groups is 1. The number of methoxy groups -OCH3 is 1. The SMILES string of the molecule is COc1cc2c(Nc3ccc(I)cc3)ncnc2cc1CO. The van der Waals surface area contributed by atoms with Crippen LogP contribution in [0.5, 0.6) is 5.75 Å². The fourth-order valence-electron chi connectivity index (χ4n) is 2.21. The first kappa shape index (κ1) is 15.0. The first-order valence-corrected chi connectivity index (χ1v) is 7.74. The summed E-state index contributed by atoms with van der Waals surface area (Å²) in [6, 6.07) is 11.7. The summed E-state index contributed by atoms with van der Waals surface area (Å²) in [6.45, 7) is -0.0942. The minimum Gasteiger partial charge on any atom is -0.496 e. The van der Waals surface area contributed by atoms with Crippen LogP contribution in [0.1, 0.15) is 5.56 Å². The summed E-state index contributed by atoms with van der Waals surface area (Å²) in [5.41, 5.74) is 2.41. The van der Waals surface area contributed by atoms with Crippen molar-refractivity contribution in [2.24, 2.45) is 0 Å². The second-order valence-electron chi connectivity index (χ2n) is 4.69. The van der Waals surface area contributed by atoms with E-state index >= 15 is 0 Å². The molecule has 0 aliphatic heterocycles. The van der Waals surface area contributed by atoms with Crippen molar-refractivity contribution in [2.45, 2.75) is 6.61 Å². The molecule has 0 bridgehead atoms. The number of nitrogens with one attached hydrogen (secondary N) is 1. The Hall–Kier alpha value is -1.93. The molecule has 2 aromatic carbocycles. The lowest BCUT2D eigenvalue weighted by molar-refractivity contribution is 0.274. The van der Waals surface area contributed by atoms with Gasteiger partial charge in [0.25, 0.3) is 0 Å². The summed E-state index contributed by atoms with van der Waals surface area (Å²) in [5, 5.41) is 13.5. The van der Waals surface area contributed by atoms with E-state index in [1.54, 1.807) is 7.11 Å². The molecule has 0 aliphatic carbocycles. The number of aliphatic hydroxyl groups excluding tert-OH is 1. The van der Waals surface area contributed by atoms with E-state index in [-0.39, 0.29) is 6.61 Å². The van der Waals surface area contributed by atoms with Crippen molar-refractivity contribution in [1.82, 2.24) is 9.97 Å². The molecule has 0 saturated heterocycles. The lowest BCUT2D eigenvalue weighted by Crippen LogP contribution is -1.98. The fraction of sp³-hybridized carbons (Fsp3) is 0.125. The van der Waals surface area contributed by atoms with Gasteiger partial charge in [0.2, 0.25) is 0 Å². The van der Waals surface area contributed by atoms with E-state index < -0.39 is 0 Å². The Labute approximate surface area is 141 Å². The molecule has 0 radical (unpaired) electrons. The molecule has 1 aromatic heterocycles. The Morgan fingerprint density at radius 3 is 2.64 bits per heavy atom. The molecule has 1 heterocycles. The zero-order chi connectivity index (χ0) is 15.5. The Kier molecular flexibility index (Phi) is 4.39. The number of ether oxygens (including phenoxy) is 1. The van der Waals surface area contributed by atoms with Gasteiger partial charge < -0.3 is 15.2 Å². The van der Waals surface area contributed by atoms with E-state index in [0.29, 0.717) is 17.1 Å². The maximum atomic E-state index is 9.40. The molecule has 0 spiro atoms. The van der Waals surface area contributed by atoms with Crippen LogP contribution >= 0.6 is 22.6 Å². The van der Waals surface area contributed by atoms with E-state index in [1.165, 1.54) is 9.90 Å². The molecule has 112 valence electrons. The molecular weight excluding hydrogens is 393 g/mol. The van der Waals surface area contributed by atoms with Gasteiger partial charge in [-0.25, -0.2) is 9.97 Å². The van der Waals surface area contributed by atoms with Crippen molar-refractivity contribution in [1.29, 1.82) is 0 Å². The lowest BCUT2D eigenvalue weighted by Gasteiger charge is -2.12. The molecule has 22 heavy (non-hydrogen) atoms. The highest BCUT2D eigenvalue weighted by molar-refractivity contribution is 14.1. The number of anilines is 2. The highest BCUT2D eigenvalue weighted by Gasteiger charge is 2.10. The number of hydrogen-bond donors (Lipinski definition) is 2. The smallest absolute Gasteiger partial charge is 0.141 e. The van der Waals surface area contributed by atoms with Crippen molar-refractivity contribution in [3.63, 3.8) is 0 Å². The van der Waals surface area contributed by atoms with E-state index in [1.807, 2.05) is 36.4 Å². The minimum atomic E-state index is -0.0942. The Morgan fingerprint density at radius 1 is 1.18 bits per heavy atom. The van der Waals surface area contributed by atoms with E-state index in [4.69, 9.17) is 4.74 Å². The molecule has 3 rings (SSSR count). The van der Waals surface area contributed by atoms with Gasteiger partial charge in [0.05, 0.1) is 19.2 Å². The Balaban J connectivity index is 2.07. The molecule has 0 amide bonds. The van der Waals surface area contributed by atoms with Crippen LogP contribution in [0.2, 0.25) is 0 Å². The first-order valence-electron chi connectivity index (χ1n) is 6.66. The third-order valence-corrected chi connectivity index (χ3v) is 4.03. The van der Waals surface area contributed by atoms with Crippen LogP contribution in [0.25, 0.3) is 10.9 Å². The van der Waals surface area contributed by atoms with E-state index in [2.05, 4.69) is 37.9 Å². The summed E-state index contributed by atoms with van der Waals surface area (Å²) in [6.07, 6.45) is 1.50. The predicted octanol–water partition coefficient (Wildman–Crippen LogP) is 3.48. The number of aromatic nitrogens is 2. The molecular formula is C16H14IN3O2. The van der Waals surface area contributed by atoms with Crippen molar-refractivity contribution >= 4 is 45.0 Å². The Morgan fingerprint density at radius 2 is 1.95 bits per heavy atom. The van der Waals surface area contributed by atoms with Gasteiger partial charge in [-0.3, -0.25) is 0 Å². The number of fused-ring (bicyclic) bond motifs is 1. The lowest BCUT2D eigenvalue weighted by atomic mass is 10.1. The van der Waals surface area contributed by atoms with Gasteiger partial charge in [-0.2, -0.15) is 0 Å². The maximum absolute atomic E-state index is 9.40. The fourth-order valence-corrected chi connectivity index (χ4v) is 2.57. The van der Waals surface area contributed by atoms with Crippen LogP contribution in [0.4, 0.5) is 11.5 Å². The quantitative estimate of drug-likeness (QED) is 0.649. The van der Waals surface area contributed by atoms with Crippen LogP contribution in [0.3, 0.4) is 0 Å². The van der Waals surface area contributed by atoms with Crippen molar-refractivity contribution in [3.05, 3.63) is 51.9 Å². The van der Waals surface area contributed by atoms with Gasteiger partial charge in [-0.1, -0.05) is 0 Å². The van der Waals surface area contributed by atoms with Crippen molar-refractivity contribution in [3.8, 4) is 5.75 Å². The van der Waals surface area contributed by atoms with Crippen LogP contribution in [-0.2, 0) is 6.61 Å². The molecule has 6 heteroatoms. The van der Waals surface area contributed by atoms with Gasteiger partial charge >= 0.3 is 0 Å². The molecule has 3 aromatic rings. The van der Waals surface area contributed by atoms with Crippen LogP contribution in [-0.4, -0.2) is 22.2 Å². The van der Waals surface area contributed by atoms with Gasteiger partial charge in [-0.05, 0) is 59.0 Å². The third kappa shape index (κ3) is 2.97. The standard InChI is InChI=1S/C16H14IN3O2/c1-22-15-7-13-14(6-10(15)8-21)18-9-19-16(13)20-12-4-2-11(17)3-5-12/h2-7,9,21H,8H2,1H3,(H,18,19,20). The summed E-state index contributed by atoms with van der Waals surface area (Å²) < 4.78 is 6.49. The normalized spacial score (nSPS) is 10.7. The number of hydrogen-bond acceptors (Lipinski definition) is 5. The predicted molar refractivity (Wildman–Crippen MR) is 94.5 cm³/mol. The zero-order valence-electron chi connectivity index (χ0n) is 11.9. The second kappa shape index (κ2) is 6.45. The van der Waals surface area contributed by atoms with Gasteiger partial charge in [0, 0.05) is 20.2 Å². The number of benzene rings is 2. The molecule has 0 atom stereocenters. The third-order valence-electron chi connectivity index (χ3n) is 3.31. The van der Waals surface area contributed by atoms with Crippen molar-refractivity contribution < 1.29 is 9.84 Å². The Bertz CT molecular complexity index is 806. The minimum absolute atomic E-state index is 0.0942. The highest BCUT2D eigenvalue weighted by atomic mass is 127. The number of nitrogens with zero attached hydrogens (tertiary/aromatic N) is 2. The summed E-state index contributed by atoms with van der Waals surface area (Å²) >= 11 is 2.27. The van der Waals surface area contributed by atoms with Crippen LogP contribution < -0.4 is 10.1 Å².